The van der Waals surface area contributed by atoms with Crippen molar-refractivity contribution in [2.45, 2.75) is 32.4 Å². The van der Waals surface area contributed by atoms with E-state index < -0.39 is 5.97 Å². The van der Waals surface area contributed by atoms with Crippen LogP contribution in [0.1, 0.15) is 35.8 Å². The van der Waals surface area contributed by atoms with Crippen molar-refractivity contribution in [2.75, 3.05) is 13.7 Å². The van der Waals surface area contributed by atoms with E-state index in [1.807, 2.05) is 24.3 Å². The number of hydrogen-bond donors (Lipinski definition) is 0. The highest BCUT2D eigenvalue weighted by atomic mass is 35.5. The maximum absolute atomic E-state index is 12.4. The molecule has 1 saturated carbocycles. The predicted molar refractivity (Wildman–Crippen MR) is 113 cm³/mol. The minimum absolute atomic E-state index is 0.00465. The second-order valence-corrected chi connectivity index (χ2v) is 7.39. The van der Waals surface area contributed by atoms with Crippen LogP contribution in [0, 0.1) is 0 Å². The van der Waals surface area contributed by atoms with Crippen molar-refractivity contribution in [1.29, 1.82) is 0 Å². The molecule has 1 fully saturated rings. The van der Waals surface area contributed by atoms with Crippen molar-refractivity contribution in [1.82, 2.24) is 15.0 Å². The van der Waals surface area contributed by atoms with Crippen LogP contribution in [0.15, 0.2) is 42.5 Å². The van der Waals surface area contributed by atoms with E-state index in [1.54, 1.807) is 32.2 Å². The first kappa shape index (κ1) is 21.0. The first-order chi connectivity index (χ1) is 15.1. The lowest BCUT2D eigenvalue weighted by molar-refractivity contribution is 0.0516. The molecule has 2 aromatic carbocycles. The summed E-state index contributed by atoms with van der Waals surface area (Å²) in [6.45, 7) is 2.27. The van der Waals surface area contributed by atoms with Gasteiger partial charge in [0, 0.05) is 6.07 Å². The lowest BCUT2D eigenvalue weighted by Crippen LogP contribution is -2.09. The monoisotopic (exact) mass is 443 g/mol. The van der Waals surface area contributed by atoms with E-state index >= 15 is 0 Å². The molecule has 1 aliphatic rings. The summed E-state index contributed by atoms with van der Waals surface area (Å²) in [5.74, 6) is 1.30. The van der Waals surface area contributed by atoms with Crippen LogP contribution >= 0.6 is 11.6 Å². The number of rotatable bonds is 9. The maximum Gasteiger partial charge on any atom is 0.364 e. The molecule has 0 aliphatic heterocycles. The first-order valence-corrected chi connectivity index (χ1v) is 10.3. The summed E-state index contributed by atoms with van der Waals surface area (Å²) in [6.07, 6.45) is 2.20. The van der Waals surface area contributed by atoms with Crippen LogP contribution in [0.3, 0.4) is 0 Å². The molecule has 4 rings (SSSR count). The van der Waals surface area contributed by atoms with Gasteiger partial charge in [0.15, 0.2) is 0 Å². The summed E-state index contributed by atoms with van der Waals surface area (Å²) in [4.78, 5) is 12.4. The Kier molecular flexibility index (Phi) is 6.27. The van der Waals surface area contributed by atoms with Gasteiger partial charge in [-0.1, -0.05) is 28.9 Å². The van der Waals surface area contributed by atoms with E-state index in [0.29, 0.717) is 23.1 Å². The molecular formula is C22H22ClN3O5. The lowest BCUT2D eigenvalue weighted by Gasteiger charge is -2.12. The number of hydrogen-bond acceptors (Lipinski definition) is 7. The van der Waals surface area contributed by atoms with Crippen LogP contribution < -0.4 is 14.2 Å². The number of nitrogens with zero attached hydrogens (tertiary/aromatic N) is 3. The molecule has 0 atom stereocenters. The van der Waals surface area contributed by atoms with Crippen molar-refractivity contribution in [3.63, 3.8) is 0 Å². The third-order valence-electron chi connectivity index (χ3n) is 4.59. The molecule has 1 aliphatic carbocycles. The van der Waals surface area contributed by atoms with E-state index in [-0.39, 0.29) is 24.3 Å². The number of esters is 1. The Morgan fingerprint density at radius 2 is 1.90 bits per heavy atom. The van der Waals surface area contributed by atoms with Gasteiger partial charge < -0.3 is 18.9 Å². The highest BCUT2D eigenvalue weighted by Gasteiger charge is 2.26. The van der Waals surface area contributed by atoms with Crippen molar-refractivity contribution < 1.29 is 23.7 Å². The Labute approximate surface area is 184 Å². The predicted octanol–water partition coefficient (Wildman–Crippen LogP) is 4.50. The molecular weight excluding hydrogens is 422 g/mol. The average molecular weight is 444 g/mol. The molecule has 0 amide bonds. The number of methoxy groups -OCH3 is 1. The van der Waals surface area contributed by atoms with Crippen LogP contribution in [-0.4, -0.2) is 40.8 Å². The molecule has 0 bridgehead atoms. The quantitative estimate of drug-likeness (QED) is 0.450. The van der Waals surface area contributed by atoms with E-state index in [4.69, 9.17) is 30.5 Å². The highest BCUT2D eigenvalue weighted by Crippen LogP contribution is 2.36. The zero-order valence-electron chi connectivity index (χ0n) is 17.2. The Morgan fingerprint density at radius 1 is 1.16 bits per heavy atom. The third kappa shape index (κ3) is 5.08. The highest BCUT2D eigenvalue weighted by molar-refractivity contribution is 6.32. The first-order valence-electron chi connectivity index (χ1n) is 9.95. The van der Waals surface area contributed by atoms with Crippen molar-refractivity contribution >= 4 is 17.6 Å². The summed E-state index contributed by atoms with van der Waals surface area (Å²) in [7, 11) is 1.61. The minimum atomic E-state index is -0.609. The Hall–Kier alpha value is -3.26. The summed E-state index contributed by atoms with van der Waals surface area (Å²) < 4.78 is 23.7. The number of carbonyl (C=O) groups excluding carboxylic acids is 1. The standard InChI is InChI=1S/C22H22ClN3O5/c1-3-29-22(27)20-21(26(25-24-20)13-14-4-6-15(28-2)7-5-14)31-17-10-11-18(23)19(12-17)30-16-8-9-16/h4-7,10-12,16H,3,8-9,13H2,1-2H3. The molecule has 0 spiro atoms. The summed E-state index contributed by atoms with van der Waals surface area (Å²) in [5.41, 5.74) is 0.926. The second kappa shape index (κ2) is 9.26. The number of carbonyl (C=O) groups is 1. The van der Waals surface area contributed by atoms with Gasteiger partial charge in [0.2, 0.25) is 5.69 Å². The largest absolute Gasteiger partial charge is 0.497 e. The van der Waals surface area contributed by atoms with Crippen molar-refractivity contribution in [2.24, 2.45) is 0 Å². The Bertz CT molecular complexity index is 1060. The van der Waals surface area contributed by atoms with Crippen LogP contribution in [0.25, 0.3) is 0 Å². The molecule has 0 unspecified atom stereocenters. The van der Waals surface area contributed by atoms with Gasteiger partial charge in [0.1, 0.15) is 17.2 Å². The van der Waals surface area contributed by atoms with Gasteiger partial charge >= 0.3 is 5.97 Å². The summed E-state index contributed by atoms with van der Waals surface area (Å²) >= 11 is 6.24. The average Bonchev–Trinajstić information content (AvgIpc) is 3.51. The van der Waals surface area contributed by atoms with E-state index in [2.05, 4.69) is 10.3 Å². The van der Waals surface area contributed by atoms with Gasteiger partial charge in [-0.05, 0) is 49.6 Å². The molecule has 0 saturated heterocycles. The molecule has 1 aromatic heterocycles. The lowest BCUT2D eigenvalue weighted by atomic mass is 10.2. The minimum Gasteiger partial charge on any atom is -0.497 e. The molecule has 1 heterocycles. The van der Waals surface area contributed by atoms with Gasteiger partial charge in [0.05, 0.1) is 31.4 Å². The van der Waals surface area contributed by atoms with Gasteiger partial charge in [-0.25, -0.2) is 9.48 Å². The van der Waals surface area contributed by atoms with E-state index in [0.717, 1.165) is 24.2 Å². The molecule has 9 heteroatoms. The van der Waals surface area contributed by atoms with Gasteiger partial charge in [0.25, 0.3) is 5.88 Å². The Balaban J connectivity index is 1.63. The fourth-order valence-electron chi connectivity index (χ4n) is 2.85. The van der Waals surface area contributed by atoms with Gasteiger partial charge in [-0.2, -0.15) is 0 Å². The molecule has 162 valence electrons. The molecule has 31 heavy (non-hydrogen) atoms. The molecule has 0 radical (unpaired) electrons. The Morgan fingerprint density at radius 3 is 2.58 bits per heavy atom. The van der Waals surface area contributed by atoms with Crippen LogP contribution in [-0.2, 0) is 11.3 Å². The van der Waals surface area contributed by atoms with Crippen LogP contribution in [0.2, 0.25) is 5.02 Å². The topological polar surface area (TPSA) is 84.7 Å². The summed E-state index contributed by atoms with van der Waals surface area (Å²) in [5, 5.41) is 8.59. The number of benzene rings is 2. The van der Waals surface area contributed by atoms with E-state index in [1.165, 1.54) is 4.68 Å². The third-order valence-corrected chi connectivity index (χ3v) is 4.90. The van der Waals surface area contributed by atoms with Crippen LogP contribution in [0.5, 0.6) is 23.1 Å². The SMILES string of the molecule is CCOC(=O)c1nnn(Cc2ccc(OC)cc2)c1Oc1ccc(Cl)c(OC2CC2)c1. The molecule has 0 N–H and O–H groups in total. The zero-order chi connectivity index (χ0) is 21.8. The normalized spacial score (nSPS) is 13.0. The van der Waals surface area contributed by atoms with E-state index in [9.17, 15) is 4.79 Å². The fraction of sp³-hybridized carbons (Fsp3) is 0.318. The number of halogens is 1. The number of aromatic nitrogens is 3. The van der Waals surface area contributed by atoms with Gasteiger partial charge in [-0.15, -0.1) is 5.10 Å². The van der Waals surface area contributed by atoms with Gasteiger partial charge in [-0.3, -0.25) is 0 Å². The molecule has 3 aromatic rings. The van der Waals surface area contributed by atoms with Crippen molar-refractivity contribution in [3.8, 4) is 23.1 Å². The molecule has 8 nitrogen and oxygen atoms in total. The van der Waals surface area contributed by atoms with Crippen molar-refractivity contribution in [3.05, 3.63) is 58.7 Å². The maximum atomic E-state index is 12.4. The smallest absolute Gasteiger partial charge is 0.364 e. The number of ether oxygens (including phenoxy) is 4. The summed E-state index contributed by atoms with van der Waals surface area (Å²) in [6, 6.07) is 12.6. The van der Waals surface area contributed by atoms with Crippen LogP contribution in [0.4, 0.5) is 0 Å². The fourth-order valence-corrected chi connectivity index (χ4v) is 3.02. The zero-order valence-corrected chi connectivity index (χ0v) is 18.0. The second-order valence-electron chi connectivity index (χ2n) is 6.98.